The predicted octanol–water partition coefficient (Wildman–Crippen LogP) is 4.05. The highest BCUT2D eigenvalue weighted by Gasteiger charge is 2.35. The smallest absolute Gasteiger partial charge is 0.266 e. The van der Waals surface area contributed by atoms with Gasteiger partial charge in [0.2, 0.25) is 5.91 Å². The lowest BCUT2D eigenvalue weighted by Crippen LogP contribution is -2.45. The molecule has 0 radical (unpaired) electrons. The highest BCUT2D eigenvalue weighted by molar-refractivity contribution is 7.99. The van der Waals surface area contributed by atoms with Crippen LogP contribution in [0.1, 0.15) is 36.8 Å². The predicted molar refractivity (Wildman–Crippen MR) is 122 cm³/mol. The lowest BCUT2D eigenvalue weighted by molar-refractivity contribution is -0.119. The molecule has 6 nitrogen and oxygen atoms in total. The highest BCUT2D eigenvalue weighted by Crippen LogP contribution is 2.29. The summed E-state index contributed by atoms with van der Waals surface area (Å²) >= 11 is 1.21. The van der Waals surface area contributed by atoms with Crippen LogP contribution in [0.15, 0.2) is 52.4 Å². The fraction of sp³-hybridized carbons (Fsp3) is 0.333. The van der Waals surface area contributed by atoms with Crippen LogP contribution in [0.2, 0.25) is 0 Å². The van der Waals surface area contributed by atoms with Crippen LogP contribution in [0.25, 0.3) is 16.6 Å². The number of nitrogens with zero attached hydrogens (tertiary/aromatic N) is 3. The first-order valence-electron chi connectivity index (χ1n) is 10.4. The SMILES string of the molecule is Cc1ccc(-n2c(SCC(=O)NC3(C#N)CCCC3)nc3ccccc3c2=O)cc1C. The molecule has 31 heavy (non-hydrogen) atoms. The third-order valence-corrected chi connectivity index (χ3v) is 6.81. The molecule has 1 aromatic heterocycles. The maximum Gasteiger partial charge on any atom is 0.266 e. The van der Waals surface area contributed by atoms with Crippen LogP contribution >= 0.6 is 11.8 Å². The van der Waals surface area contributed by atoms with Crippen molar-refractivity contribution in [1.82, 2.24) is 14.9 Å². The van der Waals surface area contributed by atoms with Crippen molar-refractivity contribution in [3.8, 4) is 11.8 Å². The zero-order chi connectivity index (χ0) is 22.0. The molecule has 0 spiro atoms. The molecule has 1 saturated carbocycles. The third-order valence-electron chi connectivity index (χ3n) is 5.88. The van der Waals surface area contributed by atoms with Crippen molar-refractivity contribution in [3.63, 3.8) is 0 Å². The normalized spacial score (nSPS) is 15.0. The van der Waals surface area contributed by atoms with Gasteiger partial charge in [-0.3, -0.25) is 14.2 Å². The zero-order valence-electron chi connectivity index (χ0n) is 17.6. The Morgan fingerprint density at radius 2 is 1.94 bits per heavy atom. The number of fused-ring (bicyclic) bond motifs is 1. The minimum absolute atomic E-state index is 0.0824. The summed E-state index contributed by atoms with van der Waals surface area (Å²) in [6.45, 7) is 4.02. The fourth-order valence-electron chi connectivity index (χ4n) is 3.98. The van der Waals surface area contributed by atoms with Crippen molar-refractivity contribution < 1.29 is 4.79 Å². The molecule has 0 atom stereocenters. The molecule has 0 aliphatic heterocycles. The van der Waals surface area contributed by atoms with Crippen LogP contribution in [-0.4, -0.2) is 26.8 Å². The number of thioether (sulfide) groups is 1. The van der Waals surface area contributed by atoms with Gasteiger partial charge in [0.05, 0.1) is 28.4 Å². The molecule has 0 unspecified atom stereocenters. The average Bonchev–Trinajstić information content (AvgIpc) is 3.23. The number of aryl methyl sites for hydroxylation is 2. The molecule has 1 aliphatic rings. The van der Waals surface area contributed by atoms with Crippen LogP contribution in [0.4, 0.5) is 0 Å². The van der Waals surface area contributed by atoms with Crippen LogP contribution < -0.4 is 10.9 Å². The molecule has 0 bridgehead atoms. The number of benzene rings is 2. The summed E-state index contributed by atoms with van der Waals surface area (Å²) in [4.78, 5) is 30.7. The molecule has 7 heteroatoms. The van der Waals surface area contributed by atoms with E-state index in [2.05, 4.69) is 16.4 Å². The Morgan fingerprint density at radius 1 is 1.19 bits per heavy atom. The van der Waals surface area contributed by atoms with Gasteiger partial charge in [-0.25, -0.2) is 4.98 Å². The van der Waals surface area contributed by atoms with Crippen molar-refractivity contribution in [2.45, 2.75) is 50.2 Å². The van der Waals surface area contributed by atoms with Crippen LogP contribution in [0.5, 0.6) is 0 Å². The second-order valence-electron chi connectivity index (χ2n) is 8.06. The Bertz CT molecular complexity index is 1250. The van der Waals surface area contributed by atoms with Gasteiger partial charge in [-0.15, -0.1) is 0 Å². The van der Waals surface area contributed by atoms with Crippen molar-refractivity contribution in [1.29, 1.82) is 5.26 Å². The van der Waals surface area contributed by atoms with Crippen LogP contribution in [0.3, 0.4) is 0 Å². The van der Waals surface area contributed by atoms with Gasteiger partial charge in [-0.2, -0.15) is 5.26 Å². The number of carbonyl (C=O) groups is 1. The topological polar surface area (TPSA) is 87.8 Å². The van der Waals surface area contributed by atoms with Crippen molar-refractivity contribution in [3.05, 3.63) is 63.9 Å². The summed E-state index contributed by atoms with van der Waals surface area (Å²) in [7, 11) is 0. The van der Waals surface area contributed by atoms with Crippen LogP contribution in [0, 0.1) is 25.2 Å². The number of hydrogen-bond acceptors (Lipinski definition) is 5. The minimum atomic E-state index is -0.762. The minimum Gasteiger partial charge on any atom is -0.337 e. The number of hydrogen-bond donors (Lipinski definition) is 1. The molecule has 0 saturated heterocycles. The molecule has 1 amide bonds. The van der Waals surface area contributed by atoms with E-state index in [1.165, 1.54) is 11.8 Å². The van der Waals surface area contributed by atoms with Gasteiger partial charge in [-0.1, -0.05) is 30.0 Å². The van der Waals surface area contributed by atoms with Gasteiger partial charge < -0.3 is 5.32 Å². The quantitative estimate of drug-likeness (QED) is 0.485. The molecule has 1 fully saturated rings. The monoisotopic (exact) mass is 432 g/mol. The maximum absolute atomic E-state index is 13.3. The first-order valence-corrected chi connectivity index (χ1v) is 11.4. The van der Waals surface area contributed by atoms with E-state index >= 15 is 0 Å². The molecule has 1 aliphatic carbocycles. The number of nitriles is 1. The first-order chi connectivity index (χ1) is 14.9. The van der Waals surface area contributed by atoms with E-state index in [9.17, 15) is 14.9 Å². The lowest BCUT2D eigenvalue weighted by Gasteiger charge is -2.22. The fourth-order valence-corrected chi connectivity index (χ4v) is 4.79. The number of carbonyl (C=O) groups excluding carboxylic acids is 1. The van der Waals surface area contributed by atoms with Gasteiger partial charge in [0, 0.05) is 0 Å². The summed E-state index contributed by atoms with van der Waals surface area (Å²) in [5, 5.41) is 13.4. The second-order valence-corrected chi connectivity index (χ2v) is 9.00. The molecular formula is C24H24N4O2S. The number of rotatable bonds is 5. The number of para-hydroxylation sites is 1. The Kier molecular flexibility index (Phi) is 5.84. The zero-order valence-corrected chi connectivity index (χ0v) is 18.5. The Morgan fingerprint density at radius 3 is 2.65 bits per heavy atom. The van der Waals surface area contributed by atoms with E-state index in [4.69, 9.17) is 0 Å². The molecule has 4 rings (SSSR count). The largest absolute Gasteiger partial charge is 0.337 e. The summed E-state index contributed by atoms with van der Waals surface area (Å²) in [6.07, 6.45) is 3.25. The van der Waals surface area contributed by atoms with E-state index in [0.29, 0.717) is 28.9 Å². The van der Waals surface area contributed by atoms with Gasteiger partial charge in [-0.05, 0) is 74.9 Å². The second kappa shape index (κ2) is 8.56. The van der Waals surface area contributed by atoms with Crippen molar-refractivity contribution in [2.75, 3.05) is 5.75 Å². The molecule has 3 aromatic rings. The van der Waals surface area contributed by atoms with E-state index in [1.807, 2.05) is 44.2 Å². The Balaban J connectivity index is 1.69. The van der Waals surface area contributed by atoms with Gasteiger partial charge in [0.15, 0.2) is 5.16 Å². The van der Waals surface area contributed by atoms with E-state index in [1.54, 1.807) is 16.7 Å². The molecule has 2 aromatic carbocycles. The number of aromatic nitrogens is 2. The number of amides is 1. The molecule has 158 valence electrons. The third kappa shape index (κ3) is 4.21. The summed E-state index contributed by atoms with van der Waals surface area (Å²) < 4.78 is 1.57. The van der Waals surface area contributed by atoms with Crippen LogP contribution in [-0.2, 0) is 4.79 Å². The Hall–Kier alpha value is -3.11. The highest BCUT2D eigenvalue weighted by atomic mass is 32.2. The van der Waals surface area contributed by atoms with Crippen molar-refractivity contribution >= 4 is 28.6 Å². The van der Waals surface area contributed by atoms with Gasteiger partial charge >= 0.3 is 0 Å². The molecular weight excluding hydrogens is 408 g/mol. The van der Waals surface area contributed by atoms with E-state index in [-0.39, 0.29) is 17.2 Å². The first kappa shape index (κ1) is 21.1. The van der Waals surface area contributed by atoms with E-state index in [0.717, 1.165) is 29.7 Å². The van der Waals surface area contributed by atoms with E-state index < -0.39 is 5.54 Å². The molecule has 1 heterocycles. The number of nitrogens with one attached hydrogen (secondary N) is 1. The summed E-state index contributed by atoms with van der Waals surface area (Å²) in [5.74, 6) is -0.138. The summed E-state index contributed by atoms with van der Waals surface area (Å²) in [5.41, 5.74) is 2.60. The van der Waals surface area contributed by atoms with Crippen molar-refractivity contribution in [2.24, 2.45) is 0 Å². The maximum atomic E-state index is 13.3. The van der Waals surface area contributed by atoms with Gasteiger partial charge in [0.1, 0.15) is 5.54 Å². The average molecular weight is 433 g/mol. The lowest BCUT2D eigenvalue weighted by atomic mass is 10.0. The standard InChI is InChI=1S/C24H24N4O2S/c1-16-9-10-18(13-17(16)2)28-22(30)19-7-3-4-8-20(19)26-23(28)31-14-21(29)27-24(15-25)11-5-6-12-24/h3-4,7-10,13H,5-6,11-12,14H2,1-2H3,(H,27,29). The van der Waals surface area contributed by atoms with Gasteiger partial charge in [0.25, 0.3) is 5.56 Å². The Labute approximate surface area is 185 Å². The summed E-state index contributed by atoms with van der Waals surface area (Å²) in [6, 6.07) is 15.3. The molecule has 1 N–H and O–H groups in total.